The van der Waals surface area contributed by atoms with E-state index in [2.05, 4.69) is 22.9 Å². The molecule has 1 fully saturated rings. The third-order valence-electron chi connectivity index (χ3n) is 3.97. The maximum atomic E-state index is 6.04. The molecule has 1 aromatic heterocycles. The van der Waals surface area contributed by atoms with Crippen molar-refractivity contribution in [2.24, 2.45) is 4.99 Å². The van der Waals surface area contributed by atoms with Gasteiger partial charge in [-0.05, 0) is 30.6 Å². The van der Waals surface area contributed by atoms with Gasteiger partial charge in [0.05, 0.1) is 5.56 Å². The van der Waals surface area contributed by atoms with Gasteiger partial charge in [0.2, 0.25) is 0 Å². The molecule has 2 aliphatic heterocycles. The van der Waals surface area contributed by atoms with Gasteiger partial charge in [-0.2, -0.15) is 0 Å². The number of ether oxygens (including phenoxy) is 1. The molecule has 1 aromatic carbocycles. The van der Waals surface area contributed by atoms with Crippen molar-refractivity contribution in [2.45, 2.75) is 0 Å². The van der Waals surface area contributed by atoms with Crippen LogP contribution in [0.2, 0.25) is 0 Å². The van der Waals surface area contributed by atoms with E-state index in [-0.39, 0.29) is 0 Å². The van der Waals surface area contributed by atoms with Crippen molar-refractivity contribution < 1.29 is 4.74 Å². The predicted octanol–water partition coefficient (Wildman–Crippen LogP) is 3.18. The zero-order valence-corrected chi connectivity index (χ0v) is 12.8. The summed E-state index contributed by atoms with van der Waals surface area (Å²) >= 11 is 1.63. The van der Waals surface area contributed by atoms with Gasteiger partial charge in [-0.3, -0.25) is 0 Å². The van der Waals surface area contributed by atoms with Gasteiger partial charge in [0.1, 0.15) is 11.6 Å². The summed E-state index contributed by atoms with van der Waals surface area (Å²) in [5.74, 6) is 2.80. The molecule has 0 aliphatic carbocycles. The lowest BCUT2D eigenvalue weighted by Crippen LogP contribution is -2.47. The molecular formula is C16H17N3OS. The number of amidine groups is 1. The Kier molecular flexibility index (Phi) is 3.16. The number of rotatable bonds is 0. The van der Waals surface area contributed by atoms with E-state index < -0.39 is 0 Å². The first-order valence-corrected chi connectivity index (χ1v) is 8.06. The van der Waals surface area contributed by atoms with Crippen molar-refractivity contribution >= 4 is 22.2 Å². The molecule has 4 nitrogen and oxygen atoms in total. The summed E-state index contributed by atoms with van der Waals surface area (Å²) in [6, 6.07) is 10.2. The highest BCUT2D eigenvalue weighted by molar-refractivity contribution is 7.14. The largest absolute Gasteiger partial charge is 0.453 e. The minimum atomic E-state index is 0.858. The molecule has 0 amide bonds. The van der Waals surface area contributed by atoms with Crippen LogP contribution in [0, 0.1) is 0 Å². The van der Waals surface area contributed by atoms with Crippen molar-refractivity contribution in [3.8, 4) is 11.5 Å². The van der Waals surface area contributed by atoms with Gasteiger partial charge in [-0.1, -0.05) is 12.1 Å². The molecule has 1 saturated heterocycles. The summed E-state index contributed by atoms with van der Waals surface area (Å²) in [7, 11) is 2.17. The Bertz CT molecular complexity index is 686. The van der Waals surface area contributed by atoms with Crippen LogP contribution in [-0.4, -0.2) is 48.9 Å². The summed E-state index contributed by atoms with van der Waals surface area (Å²) in [6.45, 7) is 4.15. The number of thiophene rings is 1. The molecule has 108 valence electrons. The number of fused-ring (bicyclic) bond motifs is 2. The predicted molar refractivity (Wildman–Crippen MR) is 86.1 cm³/mol. The highest BCUT2D eigenvalue weighted by atomic mass is 32.1. The van der Waals surface area contributed by atoms with E-state index in [0.717, 1.165) is 54.1 Å². The fourth-order valence-electron chi connectivity index (χ4n) is 2.72. The Morgan fingerprint density at radius 2 is 1.86 bits per heavy atom. The van der Waals surface area contributed by atoms with Crippen LogP contribution in [0.25, 0.3) is 0 Å². The zero-order valence-electron chi connectivity index (χ0n) is 12.0. The normalized spacial score (nSPS) is 18.3. The Morgan fingerprint density at radius 1 is 1.05 bits per heavy atom. The molecule has 21 heavy (non-hydrogen) atoms. The lowest BCUT2D eigenvalue weighted by molar-refractivity contribution is 0.216. The Labute approximate surface area is 128 Å². The molecule has 0 saturated carbocycles. The zero-order chi connectivity index (χ0) is 14.2. The highest BCUT2D eigenvalue weighted by Crippen LogP contribution is 2.41. The van der Waals surface area contributed by atoms with E-state index in [1.54, 1.807) is 11.3 Å². The smallest absolute Gasteiger partial charge is 0.164 e. The topological polar surface area (TPSA) is 28.1 Å². The molecule has 3 heterocycles. The first kappa shape index (κ1) is 12.9. The summed E-state index contributed by atoms with van der Waals surface area (Å²) in [5, 5.41) is 2.99. The first-order chi connectivity index (χ1) is 10.3. The van der Waals surface area contributed by atoms with Gasteiger partial charge in [0, 0.05) is 26.2 Å². The number of para-hydroxylation sites is 1. The molecule has 0 unspecified atom stereocenters. The fourth-order valence-corrected chi connectivity index (χ4v) is 3.41. The van der Waals surface area contributed by atoms with Gasteiger partial charge in [-0.15, -0.1) is 11.3 Å². The Balaban J connectivity index is 1.80. The third kappa shape index (κ3) is 2.32. The first-order valence-electron chi connectivity index (χ1n) is 7.18. The van der Waals surface area contributed by atoms with Gasteiger partial charge in [0.25, 0.3) is 0 Å². The summed E-state index contributed by atoms with van der Waals surface area (Å²) < 4.78 is 6.04. The van der Waals surface area contributed by atoms with Gasteiger partial charge < -0.3 is 14.5 Å². The molecule has 4 rings (SSSR count). The highest BCUT2D eigenvalue weighted by Gasteiger charge is 2.25. The second kappa shape index (κ2) is 5.16. The number of hydrogen-bond donors (Lipinski definition) is 0. The standard InChI is InChI=1S/C16H17N3OS/c1-18-7-9-19(10-8-18)15-12-4-2-3-5-13(12)20-14-6-11-21-16(14)17-15/h2-6,11H,7-10H2,1H3. The maximum Gasteiger partial charge on any atom is 0.164 e. The minimum absolute atomic E-state index is 0.858. The van der Waals surface area contributed by atoms with E-state index in [9.17, 15) is 0 Å². The fraction of sp³-hybridized carbons (Fsp3) is 0.312. The van der Waals surface area contributed by atoms with Crippen molar-refractivity contribution in [3.05, 3.63) is 41.3 Å². The van der Waals surface area contributed by atoms with Gasteiger partial charge >= 0.3 is 0 Å². The number of benzene rings is 1. The number of nitrogens with zero attached hydrogens (tertiary/aromatic N) is 3. The monoisotopic (exact) mass is 299 g/mol. The molecule has 2 aliphatic rings. The summed E-state index contributed by atoms with van der Waals surface area (Å²) in [4.78, 5) is 9.63. The van der Waals surface area contributed by atoms with E-state index in [4.69, 9.17) is 9.73 Å². The second-order valence-electron chi connectivity index (χ2n) is 5.41. The number of aliphatic imine (C=N–C) groups is 1. The van der Waals surface area contributed by atoms with Crippen molar-refractivity contribution in [3.63, 3.8) is 0 Å². The number of likely N-dealkylation sites (N-methyl/N-ethyl adjacent to an activating group) is 1. The van der Waals surface area contributed by atoms with Crippen molar-refractivity contribution in [2.75, 3.05) is 33.2 Å². The van der Waals surface area contributed by atoms with Gasteiger partial charge in [-0.25, -0.2) is 4.99 Å². The van der Waals surface area contributed by atoms with E-state index in [1.165, 1.54) is 0 Å². The Morgan fingerprint density at radius 3 is 2.71 bits per heavy atom. The third-order valence-corrected chi connectivity index (χ3v) is 4.76. The number of piperazine rings is 1. The molecule has 0 N–H and O–H groups in total. The van der Waals surface area contributed by atoms with Crippen LogP contribution >= 0.6 is 11.3 Å². The van der Waals surface area contributed by atoms with E-state index in [0.29, 0.717) is 0 Å². The van der Waals surface area contributed by atoms with Crippen LogP contribution in [0.1, 0.15) is 5.56 Å². The van der Waals surface area contributed by atoms with Crippen LogP contribution in [0.4, 0.5) is 5.00 Å². The van der Waals surface area contributed by atoms with Crippen LogP contribution in [-0.2, 0) is 0 Å². The van der Waals surface area contributed by atoms with Crippen LogP contribution in [0.15, 0.2) is 40.7 Å². The van der Waals surface area contributed by atoms with E-state index in [1.807, 2.05) is 29.6 Å². The quantitative estimate of drug-likeness (QED) is 0.748. The molecule has 0 radical (unpaired) electrons. The average molecular weight is 299 g/mol. The average Bonchev–Trinajstić information content (AvgIpc) is 2.88. The second-order valence-corrected chi connectivity index (χ2v) is 6.31. The lowest BCUT2D eigenvalue weighted by atomic mass is 10.1. The summed E-state index contributed by atoms with van der Waals surface area (Å²) in [6.07, 6.45) is 0. The van der Waals surface area contributed by atoms with Crippen LogP contribution < -0.4 is 4.74 Å². The summed E-state index contributed by atoms with van der Waals surface area (Å²) in [5.41, 5.74) is 1.09. The molecule has 0 atom stereocenters. The Hall–Kier alpha value is -1.85. The molecule has 2 aromatic rings. The van der Waals surface area contributed by atoms with Crippen LogP contribution in [0.5, 0.6) is 11.5 Å². The molecule has 5 heteroatoms. The lowest BCUT2D eigenvalue weighted by Gasteiger charge is -2.34. The minimum Gasteiger partial charge on any atom is -0.453 e. The maximum absolute atomic E-state index is 6.04. The van der Waals surface area contributed by atoms with Crippen molar-refractivity contribution in [1.82, 2.24) is 9.80 Å². The van der Waals surface area contributed by atoms with E-state index >= 15 is 0 Å². The van der Waals surface area contributed by atoms with Gasteiger partial charge in [0.15, 0.2) is 10.8 Å². The molecule has 0 bridgehead atoms. The molecular weight excluding hydrogens is 282 g/mol. The van der Waals surface area contributed by atoms with Crippen molar-refractivity contribution in [1.29, 1.82) is 0 Å². The molecule has 0 spiro atoms. The number of hydrogen-bond acceptors (Lipinski definition) is 5. The SMILES string of the molecule is CN1CCN(C2=Nc3sccc3Oc3ccccc32)CC1. The van der Waals surface area contributed by atoms with Crippen LogP contribution in [0.3, 0.4) is 0 Å².